The maximum atomic E-state index is 12.9. The van der Waals surface area contributed by atoms with Gasteiger partial charge in [-0.25, -0.2) is 4.39 Å². The fourth-order valence-corrected chi connectivity index (χ4v) is 1.85. The highest BCUT2D eigenvalue weighted by Gasteiger charge is 2.09. The third kappa shape index (κ3) is 5.29. The number of unbranched alkanes of at least 4 members (excludes halogenated alkanes) is 1. The fourth-order valence-electron chi connectivity index (χ4n) is 1.85. The normalized spacial score (nSPS) is 12.6. The summed E-state index contributed by atoms with van der Waals surface area (Å²) in [6.45, 7) is 3.16. The Balaban J connectivity index is 2.57. The molecule has 0 amide bonds. The standard InChI is InChI=1S/C14H22FNO/c1-2-3-5-14(16-10-4-11-17)12-6-8-13(15)9-7-12/h6-9,14,16-17H,2-5,10-11H2,1H3. The molecule has 1 aromatic rings. The molecule has 0 saturated carbocycles. The smallest absolute Gasteiger partial charge is 0.123 e. The van der Waals surface area contributed by atoms with Crippen molar-refractivity contribution in [2.45, 2.75) is 38.6 Å². The van der Waals surface area contributed by atoms with Gasteiger partial charge in [-0.1, -0.05) is 31.9 Å². The van der Waals surface area contributed by atoms with Gasteiger partial charge in [0, 0.05) is 12.6 Å². The minimum atomic E-state index is -0.196. The molecule has 0 bridgehead atoms. The Hall–Kier alpha value is -0.930. The molecule has 0 fully saturated rings. The molecule has 0 heterocycles. The molecule has 0 aliphatic rings. The predicted octanol–water partition coefficient (Wildman–Crippen LogP) is 3.03. The summed E-state index contributed by atoms with van der Waals surface area (Å²) in [7, 11) is 0. The van der Waals surface area contributed by atoms with E-state index in [2.05, 4.69) is 12.2 Å². The van der Waals surface area contributed by atoms with E-state index in [1.807, 2.05) is 12.1 Å². The van der Waals surface area contributed by atoms with E-state index in [0.29, 0.717) is 0 Å². The van der Waals surface area contributed by atoms with Gasteiger partial charge >= 0.3 is 0 Å². The lowest BCUT2D eigenvalue weighted by Gasteiger charge is -2.19. The molecule has 2 nitrogen and oxygen atoms in total. The van der Waals surface area contributed by atoms with Crippen LogP contribution in [0.4, 0.5) is 4.39 Å². The fraction of sp³-hybridized carbons (Fsp3) is 0.571. The van der Waals surface area contributed by atoms with E-state index in [1.165, 1.54) is 12.1 Å². The van der Waals surface area contributed by atoms with E-state index >= 15 is 0 Å². The van der Waals surface area contributed by atoms with Crippen LogP contribution in [0.5, 0.6) is 0 Å². The van der Waals surface area contributed by atoms with E-state index in [0.717, 1.165) is 37.8 Å². The molecule has 0 aliphatic heterocycles. The number of nitrogens with one attached hydrogen (secondary N) is 1. The Kier molecular flexibility index (Phi) is 6.82. The molecule has 0 aromatic heterocycles. The zero-order chi connectivity index (χ0) is 12.5. The molecule has 0 radical (unpaired) electrons. The van der Waals surface area contributed by atoms with Crippen LogP contribution in [0.25, 0.3) is 0 Å². The number of aliphatic hydroxyl groups excluding tert-OH is 1. The van der Waals surface area contributed by atoms with Crippen molar-refractivity contribution in [2.75, 3.05) is 13.2 Å². The molecule has 96 valence electrons. The molecule has 1 aromatic carbocycles. The zero-order valence-electron chi connectivity index (χ0n) is 10.5. The number of hydrogen-bond acceptors (Lipinski definition) is 2. The Morgan fingerprint density at radius 2 is 1.94 bits per heavy atom. The maximum absolute atomic E-state index is 12.9. The van der Waals surface area contributed by atoms with Gasteiger partial charge in [0.15, 0.2) is 0 Å². The molecule has 2 N–H and O–H groups in total. The van der Waals surface area contributed by atoms with Crippen molar-refractivity contribution in [3.8, 4) is 0 Å². The van der Waals surface area contributed by atoms with Crippen LogP contribution < -0.4 is 5.32 Å². The number of halogens is 1. The molecule has 3 heteroatoms. The lowest BCUT2D eigenvalue weighted by molar-refractivity contribution is 0.282. The van der Waals surface area contributed by atoms with E-state index in [9.17, 15) is 4.39 Å². The Morgan fingerprint density at radius 3 is 2.53 bits per heavy atom. The molecule has 0 aliphatic carbocycles. The largest absolute Gasteiger partial charge is 0.396 e. The first kappa shape index (κ1) is 14.1. The first-order chi connectivity index (χ1) is 8.27. The summed E-state index contributed by atoms with van der Waals surface area (Å²) < 4.78 is 12.9. The van der Waals surface area contributed by atoms with Crippen LogP contribution >= 0.6 is 0 Å². The number of rotatable bonds is 8. The van der Waals surface area contributed by atoms with Crippen LogP contribution in [0.2, 0.25) is 0 Å². The molecular formula is C14H22FNO. The van der Waals surface area contributed by atoms with Crippen LogP contribution in [0.15, 0.2) is 24.3 Å². The van der Waals surface area contributed by atoms with Gasteiger partial charge in [0.2, 0.25) is 0 Å². The topological polar surface area (TPSA) is 32.3 Å². The zero-order valence-corrected chi connectivity index (χ0v) is 10.5. The van der Waals surface area contributed by atoms with Crippen molar-refractivity contribution in [1.82, 2.24) is 5.32 Å². The van der Waals surface area contributed by atoms with Gasteiger partial charge in [0.25, 0.3) is 0 Å². The third-order valence-electron chi connectivity index (χ3n) is 2.84. The van der Waals surface area contributed by atoms with Crippen LogP contribution in [-0.4, -0.2) is 18.3 Å². The Labute approximate surface area is 103 Å². The first-order valence-electron chi connectivity index (χ1n) is 6.37. The third-order valence-corrected chi connectivity index (χ3v) is 2.84. The van der Waals surface area contributed by atoms with Gasteiger partial charge < -0.3 is 10.4 Å². The lowest BCUT2D eigenvalue weighted by Crippen LogP contribution is -2.23. The summed E-state index contributed by atoms with van der Waals surface area (Å²) in [6, 6.07) is 6.94. The molecular weight excluding hydrogens is 217 g/mol. The summed E-state index contributed by atoms with van der Waals surface area (Å²) in [4.78, 5) is 0. The van der Waals surface area contributed by atoms with E-state index in [1.54, 1.807) is 0 Å². The molecule has 0 spiro atoms. The molecule has 1 unspecified atom stereocenters. The molecule has 1 atom stereocenters. The average Bonchev–Trinajstić information content (AvgIpc) is 2.35. The van der Waals surface area contributed by atoms with Crippen molar-refractivity contribution < 1.29 is 9.50 Å². The van der Waals surface area contributed by atoms with Crippen LogP contribution in [-0.2, 0) is 0 Å². The van der Waals surface area contributed by atoms with Crippen LogP contribution in [0, 0.1) is 5.82 Å². The molecule has 0 saturated heterocycles. The van der Waals surface area contributed by atoms with Crippen LogP contribution in [0.3, 0.4) is 0 Å². The Bertz CT molecular complexity index is 300. The summed E-state index contributed by atoms with van der Waals surface area (Å²) in [5.74, 6) is -0.196. The highest BCUT2D eigenvalue weighted by molar-refractivity contribution is 5.19. The summed E-state index contributed by atoms with van der Waals surface area (Å²) in [5.41, 5.74) is 1.12. The SMILES string of the molecule is CCCCC(NCCCO)c1ccc(F)cc1. The Morgan fingerprint density at radius 1 is 1.24 bits per heavy atom. The van der Waals surface area contributed by atoms with Crippen molar-refractivity contribution in [3.05, 3.63) is 35.6 Å². The second-order valence-electron chi connectivity index (χ2n) is 4.28. The van der Waals surface area contributed by atoms with Crippen molar-refractivity contribution >= 4 is 0 Å². The van der Waals surface area contributed by atoms with Gasteiger partial charge in [-0.3, -0.25) is 0 Å². The summed E-state index contributed by atoms with van der Waals surface area (Å²) >= 11 is 0. The second-order valence-corrected chi connectivity index (χ2v) is 4.28. The van der Waals surface area contributed by atoms with Gasteiger partial charge in [0.1, 0.15) is 5.82 Å². The van der Waals surface area contributed by atoms with E-state index < -0.39 is 0 Å². The minimum Gasteiger partial charge on any atom is -0.396 e. The highest BCUT2D eigenvalue weighted by atomic mass is 19.1. The van der Waals surface area contributed by atoms with Crippen molar-refractivity contribution in [1.29, 1.82) is 0 Å². The van der Waals surface area contributed by atoms with Crippen molar-refractivity contribution in [2.24, 2.45) is 0 Å². The van der Waals surface area contributed by atoms with Crippen LogP contribution in [0.1, 0.15) is 44.2 Å². The maximum Gasteiger partial charge on any atom is 0.123 e. The first-order valence-corrected chi connectivity index (χ1v) is 6.37. The van der Waals surface area contributed by atoms with E-state index in [-0.39, 0.29) is 18.5 Å². The van der Waals surface area contributed by atoms with Gasteiger partial charge in [-0.05, 0) is 37.1 Å². The molecule has 1 rings (SSSR count). The number of benzene rings is 1. The molecule has 17 heavy (non-hydrogen) atoms. The summed E-state index contributed by atoms with van der Waals surface area (Å²) in [6.07, 6.45) is 4.10. The monoisotopic (exact) mass is 239 g/mol. The quantitative estimate of drug-likeness (QED) is 0.683. The van der Waals surface area contributed by atoms with Gasteiger partial charge in [-0.15, -0.1) is 0 Å². The predicted molar refractivity (Wildman–Crippen MR) is 68.4 cm³/mol. The minimum absolute atomic E-state index is 0.196. The highest BCUT2D eigenvalue weighted by Crippen LogP contribution is 2.19. The number of hydrogen-bond donors (Lipinski definition) is 2. The van der Waals surface area contributed by atoms with Gasteiger partial charge in [-0.2, -0.15) is 0 Å². The summed E-state index contributed by atoms with van der Waals surface area (Å²) in [5, 5.41) is 12.2. The average molecular weight is 239 g/mol. The van der Waals surface area contributed by atoms with Gasteiger partial charge in [0.05, 0.1) is 0 Å². The second kappa shape index (κ2) is 8.20. The number of aliphatic hydroxyl groups is 1. The van der Waals surface area contributed by atoms with Crippen molar-refractivity contribution in [3.63, 3.8) is 0 Å². The lowest BCUT2D eigenvalue weighted by atomic mass is 10.0. The van der Waals surface area contributed by atoms with E-state index in [4.69, 9.17) is 5.11 Å².